The van der Waals surface area contributed by atoms with Crippen molar-refractivity contribution in [3.8, 4) is 0 Å². The van der Waals surface area contributed by atoms with Gasteiger partial charge < -0.3 is 5.32 Å². The number of nitrogens with one attached hydrogen (secondary N) is 1. The second-order valence-electron chi connectivity index (χ2n) is 8.73. The van der Waals surface area contributed by atoms with Crippen LogP contribution in [-0.4, -0.2) is 31.7 Å². The van der Waals surface area contributed by atoms with Gasteiger partial charge in [-0.25, -0.2) is 12.7 Å². The summed E-state index contributed by atoms with van der Waals surface area (Å²) in [7, 11) is -3.58. The highest BCUT2D eigenvalue weighted by molar-refractivity contribution is 7.88. The Kier molecular flexibility index (Phi) is 8.62. The lowest BCUT2D eigenvalue weighted by Crippen LogP contribution is -2.44. The van der Waals surface area contributed by atoms with E-state index in [1.165, 1.54) is 4.31 Å². The first-order valence-electron chi connectivity index (χ1n) is 10.9. The molecule has 0 spiro atoms. The Morgan fingerprint density at radius 3 is 2.19 bits per heavy atom. The van der Waals surface area contributed by atoms with E-state index >= 15 is 0 Å². The van der Waals surface area contributed by atoms with E-state index in [0.717, 1.165) is 12.0 Å². The van der Waals surface area contributed by atoms with Gasteiger partial charge in [0.25, 0.3) is 0 Å². The number of hydrogen-bond acceptors (Lipinski definition) is 3. The number of hydrogen-bond donors (Lipinski definition) is 1. The van der Waals surface area contributed by atoms with Crippen molar-refractivity contribution in [2.75, 3.05) is 13.1 Å². The predicted octanol–water partition coefficient (Wildman–Crippen LogP) is 5.44. The third-order valence-electron chi connectivity index (χ3n) is 5.83. The van der Waals surface area contributed by atoms with Gasteiger partial charge in [-0.3, -0.25) is 4.79 Å². The molecule has 1 N–H and O–H groups in total. The van der Waals surface area contributed by atoms with Gasteiger partial charge in [0.15, 0.2) is 0 Å². The maximum Gasteiger partial charge on any atom is 0.223 e. The van der Waals surface area contributed by atoms with Crippen LogP contribution in [0, 0.1) is 11.8 Å². The second kappa shape index (κ2) is 11.0. The summed E-state index contributed by atoms with van der Waals surface area (Å²) in [5.41, 5.74) is 1.50. The molecule has 1 saturated heterocycles. The highest BCUT2D eigenvalue weighted by Gasteiger charge is 2.32. The van der Waals surface area contributed by atoms with E-state index in [0.29, 0.717) is 47.5 Å². The van der Waals surface area contributed by atoms with Crippen molar-refractivity contribution in [3.63, 3.8) is 0 Å². The van der Waals surface area contributed by atoms with E-state index in [9.17, 15) is 13.2 Å². The quantitative estimate of drug-likeness (QED) is 0.528. The molecule has 1 heterocycles. The number of nitrogens with zero attached hydrogens (tertiary/aromatic N) is 1. The van der Waals surface area contributed by atoms with Crippen molar-refractivity contribution in [1.82, 2.24) is 9.62 Å². The van der Waals surface area contributed by atoms with Gasteiger partial charge in [0.1, 0.15) is 0 Å². The van der Waals surface area contributed by atoms with Gasteiger partial charge in [0, 0.05) is 34.6 Å². The summed E-state index contributed by atoms with van der Waals surface area (Å²) in [6, 6.07) is 14.9. The van der Waals surface area contributed by atoms with Crippen molar-refractivity contribution >= 4 is 39.1 Å². The summed E-state index contributed by atoms with van der Waals surface area (Å²) in [6.07, 6.45) is 1.83. The fourth-order valence-electron chi connectivity index (χ4n) is 4.06. The molecule has 0 unspecified atom stereocenters. The average Bonchev–Trinajstić information content (AvgIpc) is 2.76. The number of piperidine rings is 1. The molecular formula is C24H30Cl2N2O3S. The Bertz CT molecular complexity index is 1000. The first kappa shape index (κ1) is 25.0. The fraction of sp³-hybridized carbons (Fsp3) is 0.458. The standard InChI is InChI=1S/C24H30Cl2N2O3S/c1-17(2)15-23(18-7-4-3-5-8-18)27-24(29)19-11-13-28(14-12-19)32(30,31)16-20-21(25)9-6-10-22(20)26/h3-10,17,19,23H,11-16H2,1-2H3,(H,27,29)/t23-/m1/s1. The van der Waals surface area contributed by atoms with Crippen LogP contribution < -0.4 is 5.32 Å². The van der Waals surface area contributed by atoms with Gasteiger partial charge in [0.2, 0.25) is 15.9 Å². The molecular weight excluding hydrogens is 467 g/mol. The zero-order valence-electron chi connectivity index (χ0n) is 18.4. The Hall–Kier alpha value is -1.60. The van der Waals surface area contributed by atoms with Gasteiger partial charge in [-0.1, -0.05) is 73.4 Å². The molecule has 1 aliphatic heterocycles. The van der Waals surface area contributed by atoms with Crippen LogP contribution in [0.3, 0.4) is 0 Å². The zero-order valence-corrected chi connectivity index (χ0v) is 20.8. The van der Waals surface area contributed by atoms with E-state index in [4.69, 9.17) is 23.2 Å². The molecule has 1 atom stereocenters. The summed E-state index contributed by atoms with van der Waals surface area (Å²) in [5, 5.41) is 3.88. The fourth-order valence-corrected chi connectivity index (χ4v) is 6.38. The Labute approximate surface area is 201 Å². The van der Waals surface area contributed by atoms with Crippen LogP contribution in [0.2, 0.25) is 10.0 Å². The molecule has 0 saturated carbocycles. The molecule has 1 amide bonds. The molecule has 32 heavy (non-hydrogen) atoms. The maximum atomic E-state index is 13.0. The minimum Gasteiger partial charge on any atom is -0.349 e. The molecule has 8 heteroatoms. The molecule has 0 aromatic heterocycles. The molecule has 1 fully saturated rings. The molecule has 0 bridgehead atoms. The summed E-state index contributed by atoms with van der Waals surface area (Å²) < 4.78 is 27.3. The average molecular weight is 497 g/mol. The smallest absolute Gasteiger partial charge is 0.223 e. The van der Waals surface area contributed by atoms with Crippen LogP contribution >= 0.6 is 23.2 Å². The Morgan fingerprint density at radius 1 is 1.03 bits per heavy atom. The van der Waals surface area contributed by atoms with Crippen LogP contribution in [-0.2, 0) is 20.6 Å². The minimum atomic E-state index is -3.58. The molecule has 1 aliphatic rings. The van der Waals surface area contributed by atoms with Crippen molar-refractivity contribution in [2.24, 2.45) is 11.8 Å². The molecule has 2 aromatic rings. The number of sulfonamides is 1. The van der Waals surface area contributed by atoms with Crippen molar-refractivity contribution in [3.05, 3.63) is 69.7 Å². The highest BCUT2D eigenvalue weighted by Crippen LogP contribution is 2.29. The zero-order chi connectivity index (χ0) is 23.3. The van der Waals surface area contributed by atoms with E-state index in [-0.39, 0.29) is 23.6 Å². The topological polar surface area (TPSA) is 66.5 Å². The molecule has 0 aliphatic carbocycles. The van der Waals surface area contributed by atoms with Crippen LogP contribution in [0.1, 0.15) is 50.3 Å². The third-order valence-corrected chi connectivity index (χ3v) is 8.35. The van der Waals surface area contributed by atoms with Gasteiger partial charge in [-0.05, 0) is 42.9 Å². The summed E-state index contributed by atoms with van der Waals surface area (Å²) in [6.45, 7) is 4.89. The summed E-state index contributed by atoms with van der Waals surface area (Å²) >= 11 is 12.3. The van der Waals surface area contributed by atoms with E-state index in [2.05, 4.69) is 19.2 Å². The number of carbonyl (C=O) groups excluding carboxylic acids is 1. The van der Waals surface area contributed by atoms with Gasteiger partial charge in [0.05, 0.1) is 11.8 Å². The SMILES string of the molecule is CC(C)C[C@@H](NC(=O)C1CCN(S(=O)(=O)Cc2c(Cl)cccc2Cl)CC1)c1ccccc1. The Balaban J connectivity index is 1.61. The second-order valence-corrected chi connectivity index (χ2v) is 11.5. The van der Waals surface area contributed by atoms with Crippen molar-refractivity contribution in [1.29, 1.82) is 0 Å². The maximum absolute atomic E-state index is 13.0. The molecule has 3 rings (SSSR count). The van der Waals surface area contributed by atoms with Gasteiger partial charge in [-0.2, -0.15) is 0 Å². The molecule has 174 valence electrons. The normalized spacial score (nSPS) is 16.8. The van der Waals surface area contributed by atoms with E-state index < -0.39 is 10.0 Å². The van der Waals surface area contributed by atoms with Gasteiger partial charge in [-0.15, -0.1) is 0 Å². The largest absolute Gasteiger partial charge is 0.349 e. The lowest BCUT2D eigenvalue weighted by atomic mass is 9.93. The number of rotatable bonds is 8. The summed E-state index contributed by atoms with van der Waals surface area (Å²) in [4.78, 5) is 13.0. The molecule has 2 aromatic carbocycles. The highest BCUT2D eigenvalue weighted by atomic mass is 35.5. The number of amides is 1. The summed E-state index contributed by atoms with van der Waals surface area (Å²) in [5.74, 6) is -0.0223. The molecule has 5 nitrogen and oxygen atoms in total. The Morgan fingerprint density at radius 2 is 1.62 bits per heavy atom. The lowest BCUT2D eigenvalue weighted by molar-refractivity contribution is -0.127. The first-order chi connectivity index (χ1) is 15.2. The molecule has 0 radical (unpaired) electrons. The minimum absolute atomic E-state index is 0.00861. The van der Waals surface area contributed by atoms with E-state index in [1.807, 2.05) is 30.3 Å². The van der Waals surface area contributed by atoms with Crippen molar-refractivity contribution < 1.29 is 13.2 Å². The predicted molar refractivity (Wildman–Crippen MR) is 130 cm³/mol. The third kappa shape index (κ3) is 6.47. The monoisotopic (exact) mass is 496 g/mol. The van der Waals surface area contributed by atoms with Crippen LogP contribution in [0.4, 0.5) is 0 Å². The van der Waals surface area contributed by atoms with Crippen LogP contribution in [0.5, 0.6) is 0 Å². The lowest BCUT2D eigenvalue weighted by Gasteiger charge is -2.32. The van der Waals surface area contributed by atoms with Crippen LogP contribution in [0.25, 0.3) is 0 Å². The van der Waals surface area contributed by atoms with Gasteiger partial charge >= 0.3 is 0 Å². The number of halogens is 2. The van der Waals surface area contributed by atoms with E-state index in [1.54, 1.807) is 18.2 Å². The number of carbonyl (C=O) groups is 1. The number of benzene rings is 2. The van der Waals surface area contributed by atoms with Crippen LogP contribution in [0.15, 0.2) is 48.5 Å². The first-order valence-corrected chi connectivity index (χ1v) is 13.3. The van der Waals surface area contributed by atoms with Crippen molar-refractivity contribution in [2.45, 2.75) is 44.9 Å².